The van der Waals surface area contributed by atoms with E-state index in [1.807, 2.05) is 0 Å². The zero-order chi connectivity index (χ0) is 13.7. The number of benzene rings is 1. The molecule has 5 atom stereocenters. The molecule has 108 valence electrons. The largest absolute Gasteiger partial charge is 0.497 e. The van der Waals surface area contributed by atoms with Crippen molar-refractivity contribution >= 4 is 0 Å². The lowest BCUT2D eigenvalue weighted by molar-refractivity contribution is 0.414. The molecule has 0 heterocycles. The average Bonchev–Trinajstić information content (AvgIpc) is 2.85. The van der Waals surface area contributed by atoms with Crippen molar-refractivity contribution in [2.75, 3.05) is 7.11 Å². The highest BCUT2D eigenvalue weighted by Gasteiger charge is 2.64. The van der Waals surface area contributed by atoms with Gasteiger partial charge >= 0.3 is 0 Å². The Balaban J connectivity index is 1.32. The Kier molecular flexibility index (Phi) is 3.03. The van der Waals surface area contributed by atoms with Crippen molar-refractivity contribution < 1.29 is 4.74 Å². The number of hydrogen-bond acceptors (Lipinski definition) is 2. The molecule has 0 radical (unpaired) electrons. The zero-order valence-corrected chi connectivity index (χ0v) is 12.5. The van der Waals surface area contributed by atoms with E-state index in [9.17, 15) is 0 Å². The van der Waals surface area contributed by atoms with Crippen LogP contribution in [0.25, 0.3) is 0 Å². The molecule has 1 aromatic carbocycles. The second-order valence-corrected chi connectivity index (χ2v) is 7.13. The van der Waals surface area contributed by atoms with E-state index < -0.39 is 0 Å². The fourth-order valence-electron chi connectivity index (χ4n) is 5.05. The smallest absolute Gasteiger partial charge is 0.118 e. The molecular weight excluding hydrogens is 246 g/mol. The normalized spacial score (nSPS) is 38.6. The quantitative estimate of drug-likeness (QED) is 0.887. The Morgan fingerprint density at radius 3 is 2.40 bits per heavy atom. The Morgan fingerprint density at radius 1 is 1.15 bits per heavy atom. The van der Waals surface area contributed by atoms with Crippen molar-refractivity contribution in [3.05, 3.63) is 29.8 Å². The van der Waals surface area contributed by atoms with Crippen molar-refractivity contribution in [3.8, 4) is 5.75 Å². The molecule has 3 aliphatic carbocycles. The molecule has 0 amide bonds. The van der Waals surface area contributed by atoms with Gasteiger partial charge in [-0.3, -0.25) is 0 Å². The molecule has 1 N–H and O–H groups in total. The van der Waals surface area contributed by atoms with Crippen LogP contribution in [0.3, 0.4) is 0 Å². The summed E-state index contributed by atoms with van der Waals surface area (Å²) in [7, 11) is 1.72. The lowest BCUT2D eigenvalue weighted by atomic mass is 10.0. The van der Waals surface area contributed by atoms with Gasteiger partial charge in [0.2, 0.25) is 0 Å². The summed E-state index contributed by atoms with van der Waals surface area (Å²) in [5, 5.41) is 3.90. The maximum absolute atomic E-state index is 5.21. The van der Waals surface area contributed by atoms with E-state index in [2.05, 4.69) is 36.5 Å². The molecule has 0 saturated heterocycles. The SMILES string of the molecule is COc1ccc(CC(C)NC2C3C4CCC(C4)C23)cc1. The van der Waals surface area contributed by atoms with Gasteiger partial charge in [0, 0.05) is 12.1 Å². The van der Waals surface area contributed by atoms with Crippen molar-refractivity contribution in [1.29, 1.82) is 0 Å². The monoisotopic (exact) mass is 271 g/mol. The standard InChI is InChI=1S/C18H25NO/c1-11(9-12-3-7-15(20-2)8-4-12)19-18-16-13-5-6-14(10-13)17(16)18/h3-4,7-8,11,13-14,16-19H,5-6,9-10H2,1-2H3. The fourth-order valence-corrected chi connectivity index (χ4v) is 5.05. The first-order valence-electron chi connectivity index (χ1n) is 8.15. The van der Waals surface area contributed by atoms with Crippen molar-refractivity contribution in [2.45, 2.75) is 44.7 Å². The van der Waals surface area contributed by atoms with Gasteiger partial charge < -0.3 is 10.1 Å². The van der Waals surface area contributed by atoms with Crippen molar-refractivity contribution in [3.63, 3.8) is 0 Å². The maximum Gasteiger partial charge on any atom is 0.118 e. The van der Waals surface area contributed by atoms with Crippen LogP contribution in [0.2, 0.25) is 0 Å². The van der Waals surface area contributed by atoms with E-state index >= 15 is 0 Å². The fraction of sp³-hybridized carbons (Fsp3) is 0.667. The summed E-state index contributed by atoms with van der Waals surface area (Å²) in [5.74, 6) is 5.15. The van der Waals surface area contributed by atoms with Crippen LogP contribution in [0.5, 0.6) is 5.75 Å². The van der Waals surface area contributed by atoms with E-state index in [-0.39, 0.29) is 0 Å². The first kappa shape index (κ1) is 12.7. The van der Waals surface area contributed by atoms with Crippen LogP contribution in [0.15, 0.2) is 24.3 Å². The summed E-state index contributed by atoms with van der Waals surface area (Å²) in [4.78, 5) is 0. The Bertz CT molecular complexity index is 467. The average molecular weight is 271 g/mol. The second kappa shape index (κ2) is 4.77. The third-order valence-electron chi connectivity index (χ3n) is 5.91. The molecule has 20 heavy (non-hydrogen) atoms. The Hall–Kier alpha value is -1.02. The summed E-state index contributed by atoms with van der Waals surface area (Å²) >= 11 is 0. The molecular formula is C18H25NO. The van der Waals surface area contributed by atoms with Gasteiger partial charge in [0.1, 0.15) is 5.75 Å². The highest BCUT2D eigenvalue weighted by atomic mass is 16.5. The molecule has 0 aromatic heterocycles. The molecule has 4 rings (SSSR count). The summed E-state index contributed by atoms with van der Waals surface area (Å²) in [6, 6.07) is 9.93. The predicted molar refractivity (Wildman–Crippen MR) is 80.9 cm³/mol. The topological polar surface area (TPSA) is 21.3 Å². The van der Waals surface area contributed by atoms with Gasteiger partial charge in [-0.15, -0.1) is 0 Å². The molecule has 2 bridgehead atoms. The van der Waals surface area contributed by atoms with Gasteiger partial charge in [-0.25, -0.2) is 0 Å². The van der Waals surface area contributed by atoms with Crippen molar-refractivity contribution in [1.82, 2.24) is 5.32 Å². The Morgan fingerprint density at radius 2 is 1.80 bits per heavy atom. The van der Waals surface area contributed by atoms with Gasteiger partial charge in [-0.05, 0) is 74.0 Å². The first-order chi connectivity index (χ1) is 9.76. The van der Waals surface area contributed by atoms with Crippen LogP contribution in [-0.2, 0) is 6.42 Å². The molecule has 0 spiro atoms. The molecule has 3 saturated carbocycles. The number of fused-ring (bicyclic) bond motifs is 5. The lowest BCUT2D eigenvalue weighted by Gasteiger charge is -2.17. The number of methoxy groups -OCH3 is 1. The molecule has 3 aliphatic rings. The maximum atomic E-state index is 5.21. The van der Waals surface area contributed by atoms with Gasteiger partial charge in [-0.2, -0.15) is 0 Å². The third-order valence-corrected chi connectivity index (χ3v) is 5.91. The van der Waals surface area contributed by atoms with Crippen LogP contribution in [0.4, 0.5) is 0 Å². The second-order valence-electron chi connectivity index (χ2n) is 7.13. The summed E-state index contributed by atoms with van der Waals surface area (Å²) in [6.07, 6.45) is 5.68. The molecule has 1 aromatic rings. The highest BCUT2D eigenvalue weighted by molar-refractivity contribution is 5.27. The summed E-state index contributed by atoms with van der Waals surface area (Å²) in [5.41, 5.74) is 1.40. The van der Waals surface area contributed by atoms with Crippen LogP contribution >= 0.6 is 0 Å². The lowest BCUT2D eigenvalue weighted by Crippen LogP contribution is -2.33. The summed E-state index contributed by atoms with van der Waals surface area (Å²) < 4.78 is 5.21. The van der Waals surface area contributed by atoms with Crippen LogP contribution in [0, 0.1) is 23.7 Å². The minimum Gasteiger partial charge on any atom is -0.497 e. The Labute approximate surface area is 121 Å². The van der Waals surface area contributed by atoms with Crippen LogP contribution in [0.1, 0.15) is 31.7 Å². The van der Waals surface area contributed by atoms with Gasteiger partial charge in [-0.1, -0.05) is 12.1 Å². The molecule has 0 aliphatic heterocycles. The number of rotatable bonds is 5. The number of nitrogens with one attached hydrogen (secondary N) is 1. The van der Waals surface area contributed by atoms with E-state index in [4.69, 9.17) is 4.74 Å². The van der Waals surface area contributed by atoms with E-state index in [1.54, 1.807) is 13.5 Å². The molecule has 2 heteroatoms. The van der Waals surface area contributed by atoms with E-state index in [0.29, 0.717) is 6.04 Å². The van der Waals surface area contributed by atoms with Crippen LogP contribution in [-0.4, -0.2) is 19.2 Å². The van der Waals surface area contributed by atoms with Crippen LogP contribution < -0.4 is 10.1 Å². The first-order valence-corrected chi connectivity index (χ1v) is 8.15. The summed E-state index contributed by atoms with van der Waals surface area (Å²) in [6.45, 7) is 2.33. The van der Waals surface area contributed by atoms with E-state index in [0.717, 1.165) is 41.9 Å². The predicted octanol–water partition coefficient (Wildman–Crippen LogP) is 3.26. The van der Waals surface area contributed by atoms with Gasteiger partial charge in [0.25, 0.3) is 0 Å². The van der Waals surface area contributed by atoms with Gasteiger partial charge in [0.05, 0.1) is 7.11 Å². The molecule has 5 unspecified atom stereocenters. The number of hydrogen-bond donors (Lipinski definition) is 1. The highest BCUT2D eigenvalue weighted by Crippen LogP contribution is 2.65. The van der Waals surface area contributed by atoms with E-state index in [1.165, 1.54) is 18.4 Å². The van der Waals surface area contributed by atoms with Crippen molar-refractivity contribution in [2.24, 2.45) is 23.7 Å². The third kappa shape index (κ3) is 2.05. The number of ether oxygens (including phenoxy) is 1. The molecule has 3 fully saturated rings. The van der Waals surface area contributed by atoms with Gasteiger partial charge in [0.15, 0.2) is 0 Å². The zero-order valence-electron chi connectivity index (χ0n) is 12.5. The molecule has 2 nitrogen and oxygen atoms in total. The minimum atomic E-state index is 0.582. The minimum absolute atomic E-state index is 0.582.